The Morgan fingerprint density at radius 2 is 2.19 bits per heavy atom. The van der Waals surface area contributed by atoms with Crippen molar-refractivity contribution in [1.82, 2.24) is 10.2 Å². The van der Waals surface area contributed by atoms with Crippen molar-refractivity contribution in [2.75, 3.05) is 13.1 Å². The number of hydrogen-bond acceptors (Lipinski definition) is 2. The summed E-state index contributed by atoms with van der Waals surface area (Å²) in [5.41, 5.74) is 1.16. The molecule has 4 heteroatoms. The minimum absolute atomic E-state index is 0.150. The molecule has 0 saturated carbocycles. The van der Waals surface area contributed by atoms with Crippen LogP contribution in [0.25, 0.3) is 0 Å². The van der Waals surface area contributed by atoms with Crippen molar-refractivity contribution in [3.8, 4) is 0 Å². The van der Waals surface area contributed by atoms with Gasteiger partial charge in [0.05, 0.1) is 0 Å². The van der Waals surface area contributed by atoms with Gasteiger partial charge in [0.25, 0.3) is 0 Å². The van der Waals surface area contributed by atoms with E-state index in [0.717, 1.165) is 31.6 Å². The van der Waals surface area contributed by atoms with Gasteiger partial charge in [0.1, 0.15) is 5.82 Å². The molecule has 1 fully saturated rings. The van der Waals surface area contributed by atoms with Crippen LogP contribution in [0.4, 0.5) is 4.39 Å². The number of piperazine rings is 1. The Morgan fingerprint density at radius 1 is 1.43 bits per heavy atom. The van der Waals surface area contributed by atoms with E-state index in [1.165, 1.54) is 25.0 Å². The quantitative estimate of drug-likeness (QED) is 0.875. The van der Waals surface area contributed by atoms with E-state index in [1.807, 2.05) is 6.07 Å². The summed E-state index contributed by atoms with van der Waals surface area (Å²) >= 11 is 6.20. The van der Waals surface area contributed by atoms with Crippen LogP contribution < -0.4 is 5.32 Å². The molecule has 0 bridgehead atoms. The molecule has 1 saturated heterocycles. The third kappa shape index (κ3) is 4.18. The van der Waals surface area contributed by atoms with Crippen LogP contribution in [-0.4, -0.2) is 29.6 Å². The second kappa shape index (κ2) is 7.08. The van der Waals surface area contributed by atoms with Crippen molar-refractivity contribution < 1.29 is 4.39 Å². The lowest BCUT2D eigenvalue weighted by atomic mass is 9.92. The summed E-state index contributed by atoms with van der Waals surface area (Å²) < 4.78 is 13.2. The summed E-state index contributed by atoms with van der Waals surface area (Å²) in [6.45, 7) is 9.52. The fourth-order valence-corrected chi connectivity index (χ4v) is 3.26. The van der Waals surface area contributed by atoms with Gasteiger partial charge in [0.2, 0.25) is 0 Å². The van der Waals surface area contributed by atoms with Crippen LogP contribution in [-0.2, 0) is 6.54 Å². The van der Waals surface area contributed by atoms with Crippen LogP contribution in [0.1, 0.15) is 45.6 Å². The largest absolute Gasteiger partial charge is 0.309 e. The molecule has 1 aliphatic heterocycles. The molecule has 0 spiro atoms. The monoisotopic (exact) mass is 312 g/mol. The zero-order valence-corrected chi connectivity index (χ0v) is 14.0. The van der Waals surface area contributed by atoms with Gasteiger partial charge in [-0.2, -0.15) is 0 Å². The van der Waals surface area contributed by atoms with Gasteiger partial charge in [-0.1, -0.05) is 37.9 Å². The second-order valence-corrected chi connectivity index (χ2v) is 6.79. The van der Waals surface area contributed by atoms with Gasteiger partial charge in [0.15, 0.2) is 0 Å². The highest BCUT2D eigenvalue weighted by Gasteiger charge is 2.34. The first-order chi connectivity index (χ1) is 9.97. The number of nitrogens with one attached hydrogen (secondary N) is 1. The lowest BCUT2D eigenvalue weighted by molar-refractivity contribution is 0.0726. The highest BCUT2D eigenvalue weighted by atomic mass is 35.5. The molecule has 0 aliphatic carbocycles. The Hall–Kier alpha value is -0.640. The molecule has 0 aromatic heterocycles. The molecule has 0 radical (unpaired) electrons. The lowest BCUT2D eigenvalue weighted by Gasteiger charge is -2.46. The van der Waals surface area contributed by atoms with Crippen LogP contribution in [0, 0.1) is 5.82 Å². The van der Waals surface area contributed by atoms with Gasteiger partial charge in [-0.15, -0.1) is 0 Å². The van der Waals surface area contributed by atoms with Crippen molar-refractivity contribution in [3.63, 3.8) is 0 Å². The van der Waals surface area contributed by atoms with Crippen LogP contribution >= 0.6 is 11.6 Å². The SMILES string of the molecule is CCCC1CNC(C)(CC)CN1Cc1ccc(F)cc1Cl. The van der Waals surface area contributed by atoms with Gasteiger partial charge < -0.3 is 5.32 Å². The van der Waals surface area contributed by atoms with Crippen molar-refractivity contribution >= 4 is 11.6 Å². The Labute approximate surface area is 132 Å². The van der Waals surface area contributed by atoms with E-state index in [-0.39, 0.29) is 11.4 Å². The van der Waals surface area contributed by atoms with E-state index in [4.69, 9.17) is 11.6 Å². The van der Waals surface area contributed by atoms with Crippen LogP contribution in [0.15, 0.2) is 18.2 Å². The summed E-state index contributed by atoms with van der Waals surface area (Å²) in [4.78, 5) is 2.50. The van der Waals surface area contributed by atoms with Gasteiger partial charge in [0, 0.05) is 36.2 Å². The van der Waals surface area contributed by atoms with E-state index < -0.39 is 0 Å². The molecule has 1 N–H and O–H groups in total. The maximum atomic E-state index is 13.2. The molecule has 1 heterocycles. The third-order valence-electron chi connectivity index (χ3n) is 4.62. The molecule has 2 atom stereocenters. The highest BCUT2D eigenvalue weighted by Crippen LogP contribution is 2.26. The topological polar surface area (TPSA) is 15.3 Å². The number of rotatable bonds is 5. The van der Waals surface area contributed by atoms with Gasteiger partial charge in [-0.25, -0.2) is 4.39 Å². The second-order valence-electron chi connectivity index (χ2n) is 6.38. The summed E-state index contributed by atoms with van der Waals surface area (Å²) in [5, 5.41) is 4.21. The first kappa shape index (κ1) is 16.7. The Morgan fingerprint density at radius 3 is 2.81 bits per heavy atom. The fourth-order valence-electron chi connectivity index (χ4n) is 3.03. The van der Waals surface area contributed by atoms with Gasteiger partial charge >= 0.3 is 0 Å². The highest BCUT2D eigenvalue weighted by molar-refractivity contribution is 6.31. The molecule has 1 aromatic carbocycles. The maximum absolute atomic E-state index is 13.2. The standard InChI is InChI=1S/C17H26ClFN2/c1-4-6-15-10-20-17(3,5-2)12-21(15)11-13-7-8-14(19)9-16(13)18/h7-9,15,20H,4-6,10-12H2,1-3H3. The first-order valence-electron chi connectivity index (χ1n) is 7.90. The van der Waals surface area contributed by atoms with Gasteiger partial charge in [-0.3, -0.25) is 4.90 Å². The minimum Gasteiger partial charge on any atom is -0.309 e. The third-order valence-corrected chi connectivity index (χ3v) is 4.98. The van der Waals surface area contributed by atoms with Crippen molar-refractivity contribution in [3.05, 3.63) is 34.6 Å². The number of hydrogen-bond donors (Lipinski definition) is 1. The normalized spacial score (nSPS) is 27.0. The smallest absolute Gasteiger partial charge is 0.124 e. The summed E-state index contributed by atoms with van der Waals surface area (Å²) in [6.07, 6.45) is 3.44. The Bertz CT molecular complexity index is 480. The fraction of sp³-hybridized carbons (Fsp3) is 0.647. The molecule has 2 rings (SSSR count). The molecule has 2 nitrogen and oxygen atoms in total. The summed E-state index contributed by atoms with van der Waals surface area (Å²) in [6, 6.07) is 5.24. The minimum atomic E-state index is -0.271. The molecule has 0 amide bonds. The number of benzene rings is 1. The lowest BCUT2D eigenvalue weighted by Crippen LogP contribution is -2.62. The molecular formula is C17H26ClFN2. The zero-order chi connectivity index (χ0) is 15.5. The van der Waals surface area contributed by atoms with Gasteiger partial charge in [-0.05, 0) is 37.5 Å². The molecule has 1 aliphatic rings. The number of halogens is 2. The average Bonchev–Trinajstić information content (AvgIpc) is 2.45. The van der Waals surface area contributed by atoms with Crippen LogP contribution in [0.5, 0.6) is 0 Å². The first-order valence-corrected chi connectivity index (χ1v) is 8.28. The number of nitrogens with zero attached hydrogens (tertiary/aromatic N) is 1. The van der Waals surface area contributed by atoms with Crippen molar-refractivity contribution in [2.24, 2.45) is 0 Å². The molecule has 21 heavy (non-hydrogen) atoms. The van der Waals surface area contributed by atoms with Crippen LogP contribution in [0.2, 0.25) is 5.02 Å². The van der Waals surface area contributed by atoms with Crippen molar-refractivity contribution in [1.29, 1.82) is 0 Å². The zero-order valence-electron chi connectivity index (χ0n) is 13.3. The molecule has 118 valence electrons. The Balaban J connectivity index is 2.15. The molecule has 2 unspecified atom stereocenters. The molecular weight excluding hydrogens is 287 g/mol. The van der Waals surface area contributed by atoms with E-state index in [0.29, 0.717) is 11.1 Å². The average molecular weight is 313 g/mol. The van der Waals surface area contributed by atoms with Crippen LogP contribution in [0.3, 0.4) is 0 Å². The van der Waals surface area contributed by atoms with Crippen molar-refractivity contribution in [2.45, 2.75) is 58.2 Å². The van der Waals surface area contributed by atoms with E-state index in [2.05, 4.69) is 31.0 Å². The van der Waals surface area contributed by atoms with E-state index in [9.17, 15) is 4.39 Å². The van der Waals surface area contributed by atoms with E-state index >= 15 is 0 Å². The summed E-state index contributed by atoms with van der Waals surface area (Å²) in [5.74, 6) is -0.271. The van der Waals surface area contributed by atoms with E-state index in [1.54, 1.807) is 0 Å². The Kier molecular flexibility index (Phi) is 5.64. The maximum Gasteiger partial charge on any atom is 0.124 e. The molecule has 1 aromatic rings. The predicted octanol–water partition coefficient (Wildman–Crippen LogP) is 4.22. The summed E-state index contributed by atoms with van der Waals surface area (Å²) in [7, 11) is 0. The predicted molar refractivity (Wildman–Crippen MR) is 87.2 cm³/mol.